The summed E-state index contributed by atoms with van der Waals surface area (Å²) < 4.78 is 0. The highest BCUT2D eigenvalue weighted by molar-refractivity contribution is 5.85. The van der Waals surface area contributed by atoms with Crippen LogP contribution in [0.15, 0.2) is 24.4 Å². The van der Waals surface area contributed by atoms with Gasteiger partial charge in [-0.2, -0.15) is 0 Å². The summed E-state index contributed by atoms with van der Waals surface area (Å²) in [5, 5.41) is 8.58. The van der Waals surface area contributed by atoms with Crippen LogP contribution in [0.1, 0.15) is 32.3 Å². The van der Waals surface area contributed by atoms with Crippen LogP contribution in [-0.4, -0.2) is 28.6 Å². The molecule has 0 aliphatic heterocycles. The quantitative estimate of drug-likeness (QED) is 0.799. The summed E-state index contributed by atoms with van der Waals surface area (Å²) in [5.74, 6) is 0.840. The number of carbonyl (C=O) groups is 1. The molecule has 1 aromatic heterocycles. The Bertz CT molecular complexity index is 462. The highest BCUT2D eigenvalue weighted by Crippen LogP contribution is 2.31. The van der Waals surface area contributed by atoms with E-state index in [4.69, 9.17) is 5.11 Å². The van der Waals surface area contributed by atoms with Gasteiger partial charge in [-0.3, -0.25) is 0 Å². The predicted molar refractivity (Wildman–Crippen MR) is 76.1 cm³/mol. The van der Waals surface area contributed by atoms with E-state index in [1.807, 2.05) is 12.1 Å². The zero-order chi connectivity index (χ0) is 13.8. The molecule has 0 amide bonds. The molecule has 0 radical (unpaired) electrons. The third-order valence-electron chi connectivity index (χ3n) is 3.26. The number of carboxylic acid groups (broad SMARTS) is 1. The van der Waals surface area contributed by atoms with E-state index in [-0.39, 0.29) is 0 Å². The van der Waals surface area contributed by atoms with E-state index in [0.29, 0.717) is 6.04 Å². The molecule has 1 heterocycles. The van der Waals surface area contributed by atoms with E-state index in [1.54, 1.807) is 12.3 Å². The molecule has 0 bridgehead atoms. The van der Waals surface area contributed by atoms with Crippen molar-refractivity contribution in [2.24, 2.45) is 5.92 Å². The van der Waals surface area contributed by atoms with Crippen LogP contribution in [0.5, 0.6) is 0 Å². The summed E-state index contributed by atoms with van der Waals surface area (Å²) >= 11 is 0. The molecule has 2 rings (SSSR count). The van der Waals surface area contributed by atoms with E-state index >= 15 is 0 Å². The van der Waals surface area contributed by atoms with Crippen molar-refractivity contribution >= 4 is 17.9 Å². The minimum absolute atomic E-state index is 0.425. The smallest absolute Gasteiger partial charge is 0.328 e. The molecule has 1 N–H and O–H groups in total. The molecule has 0 aromatic carbocycles. The fraction of sp³-hybridized carbons (Fsp3) is 0.467. The number of pyridine rings is 1. The van der Waals surface area contributed by atoms with Crippen molar-refractivity contribution in [1.29, 1.82) is 0 Å². The standard InChI is InChI=1S/C15H20N2O2/c1-11(2)17(10-13-3-4-13)14-7-5-12(9-16-14)6-8-15(18)19/h5-9,11,13H,3-4,10H2,1-2H3,(H,18,19)/b8-6+. The first-order chi connectivity index (χ1) is 9.06. The molecule has 102 valence electrons. The lowest BCUT2D eigenvalue weighted by Gasteiger charge is -2.27. The number of rotatable bonds is 6. The molecule has 19 heavy (non-hydrogen) atoms. The maximum atomic E-state index is 10.4. The highest BCUT2D eigenvalue weighted by atomic mass is 16.4. The van der Waals surface area contributed by atoms with Crippen LogP contribution in [-0.2, 0) is 4.79 Å². The van der Waals surface area contributed by atoms with Gasteiger partial charge >= 0.3 is 5.97 Å². The number of hydrogen-bond acceptors (Lipinski definition) is 3. The maximum Gasteiger partial charge on any atom is 0.328 e. The van der Waals surface area contributed by atoms with Gasteiger partial charge in [0.25, 0.3) is 0 Å². The number of nitrogens with zero attached hydrogens (tertiary/aromatic N) is 2. The third-order valence-corrected chi connectivity index (χ3v) is 3.26. The Kier molecular flexibility index (Phi) is 4.20. The highest BCUT2D eigenvalue weighted by Gasteiger charge is 2.26. The minimum atomic E-state index is -0.943. The van der Waals surface area contributed by atoms with Gasteiger partial charge in [0.2, 0.25) is 0 Å². The molecule has 1 aliphatic rings. The predicted octanol–water partition coefficient (Wildman–Crippen LogP) is 2.80. The average molecular weight is 260 g/mol. The van der Waals surface area contributed by atoms with Gasteiger partial charge in [-0.1, -0.05) is 0 Å². The van der Waals surface area contributed by atoms with Crippen LogP contribution < -0.4 is 4.90 Å². The second-order valence-electron chi connectivity index (χ2n) is 5.31. The van der Waals surface area contributed by atoms with Crippen LogP contribution in [0.2, 0.25) is 0 Å². The van der Waals surface area contributed by atoms with Crippen molar-refractivity contribution in [2.75, 3.05) is 11.4 Å². The Hall–Kier alpha value is -1.84. The van der Waals surface area contributed by atoms with Crippen LogP contribution in [0, 0.1) is 5.92 Å². The molecule has 1 aromatic rings. The zero-order valence-electron chi connectivity index (χ0n) is 11.4. The molecule has 4 nitrogen and oxygen atoms in total. The van der Waals surface area contributed by atoms with E-state index in [9.17, 15) is 4.79 Å². The normalized spacial score (nSPS) is 15.1. The molecule has 0 unspecified atom stereocenters. The number of carboxylic acids is 1. The second-order valence-corrected chi connectivity index (χ2v) is 5.31. The lowest BCUT2D eigenvalue weighted by atomic mass is 10.2. The Balaban J connectivity index is 2.08. The lowest BCUT2D eigenvalue weighted by molar-refractivity contribution is -0.131. The fourth-order valence-electron chi connectivity index (χ4n) is 1.98. The van der Waals surface area contributed by atoms with Gasteiger partial charge < -0.3 is 10.0 Å². The van der Waals surface area contributed by atoms with Crippen molar-refractivity contribution in [3.8, 4) is 0 Å². The molecular weight excluding hydrogens is 240 g/mol. The Morgan fingerprint density at radius 1 is 1.53 bits per heavy atom. The molecule has 0 spiro atoms. The summed E-state index contributed by atoms with van der Waals surface area (Å²) in [6.45, 7) is 5.40. The first-order valence-corrected chi connectivity index (χ1v) is 6.70. The van der Waals surface area contributed by atoms with Gasteiger partial charge in [0.1, 0.15) is 5.82 Å². The van der Waals surface area contributed by atoms with E-state index in [1.165, 1.54) is 12.8 Å². The van der Waals surface area contributed by atoms with Gasteiger partial charge in [0, 0.05) is 24.9 Å². The van der Waals surface area contributed by atoms with E-state index in [2.05, 4.69) is 23.7 Å². The van der Waals surface area contributed by atoms with Crippen LogP contribution in [0.3, 0.4) is 0 Å². The average Bonchev–Trinajstić information content (AvgIpc) is 3.18. The SMILES string of the molecule is CC(C)N(CC1CC1)c1ccc(/C=C/C(=O)O)cn1. The van der Waals surface area contributed by atoms with Crippen molar-refractivity contribution in [2.45, 2.75) is 32.7 Å². The fourth-order valence-corrected chi connectivity index (χ4v) is 1.98. The van der Waals surface area contributed by atoms with Crippen molar-refractivity contribution in [3.05, 3.63) is 30.0 Å². The Labute approximate surface area is 113 Å². The Morgan fingerprint density at radius 3 is 2.74 bits per heavy atom. The van der Waals surface area contributed by atoms with Gasteiger partial charge in [-0.05, 0) is 56.4 Å². The largest absolute Gasteiger partial charge is 0.478 e. The van der Waals surface area contributed by atoms with Crippen molar-refractivity contribution < 1.29 is 9.90 Å². The monoisotopic (exact) mass is 260 g/mol. The van der Waals surface area contributed by atoms with Gasteiger partial charge in [0.05, 0.1) is 0 Å². The topological polar surface area (TPSA) is 53.4 Å². The first kappa shape index (κ1) is 13.6. The maximum absolute atomic E-state index is 10.4. The van der Waals surface area contributed by atoms with Crippen molar-refractivity contribution in [3.63, 3.8) is 0 Å². The summed E-state index contributed by atoms with van der Waals surface area (Å²) in [4.78, 5) is 17.2. The molecule has 1 aliphatic carbocycles. The summed E-state index contributed by atoms with van der Waals surface area (Å²) in [6.07, 6.45) is 7.04. The second kappa shape index (κ2) is 5.87. The van der Waals surface area contributed by atoms with E-state index in [0.717, 1.165) is 29.9 Å². The summed E-state index contributed by atoms with van der Waals surface area (Å²) in [7, 11) is 0. The molecule has 4 heteroatoms. The molecular formula is C15H20N2O2. The van der Waals surface area contributed by atoms with Crippen LogP contribution in [0.25, 0.3) is 6.08 Å². The molecule has 0 atom stereocenters. The summed E-state index contributed by atoms with van der Waals surface area (Å²) in [6, 6.07) is 4.29. The number of hydrogen-bond donors (Lipinski definition) is 1. The van der Waals surface area contributed by atoms with Crippen LogP contribution >= 0.6 is 0 Å². The minimum Gasteiger partial charge on any atom is -0.478 e. The summed E-state index contributed by atoms with van der Waals surface area (Å²) in [5.41, 5.74) is 0.807. The van der Waals surface area contributed by atoms with Crippen LogP contribution in [0.4, 0.5) is 5.82 Å². The molecule has 0 saturated heterocycles. The zero-order valence-corrected chi connectivity index (χ0v) is 11.4. The lowest BCUT2D eigenvalue weighted by Crippen LogP contribution is -2.33. The Morgan fingerprint density at radius 2 is 2.26 bits per heavy atom. The molecule has 1 saturated carbocycles. The van der Waals surface area contributed by atoms with Gasteiger partial charge in [-0.25, -0.2) is 9.78 Å². The number of aliphatic carboxylic acids is 1. The van der Waals surface area contributed by atoms with Gasteiger partial charge in [-0.15, -0.1) is 0 Å². The van der Waals surface area contributed by atoms with Crippen molar-refractivity contribution in [1.82, 2.24) is 4.98 Å². The first-order valence-electron chi connectivity index (χ1n) is 6.70. The molecule has 1 fully saturated rings. The van der Waals surface area contributed by atoms with Gasteiger partial charge in [0.15, 0.2) is 0 Å². The van der Waals surface area contributed by atoms with E-state index < -0.39 is 5.97 Å². The number of anilines is 1. The number of aromatic nitrogens is 1. The third kappa shape index (κ3) is 4.09.